The third-order valence-corrected chi connectivity index (χ3v) is 12.5. The number of hydrogen-bond donors (Lipinski definition) is 5. The zero-order valence-corrected chi connectivity index (χ0v) is 39.4. The van der Waals surface area contributed by atoms with Gasteiger partial charge < -0.3 is 25.4 Å². The Morgan fingerprint density at radius 1 is 0.641 bits per heavy atom. The van der Waals surface area contributed by atoms with Crippen LogP contribution in [0.25, 0.3) is 18.4 Å². The number of fused-ring (bicyclic) bond motifs is 5. The first-order valence-corrected chi connectivity index (χ1v) is 22.8. The number of allylic oxidation sites excluding steroid dienone is 15. The molecule has 5 rings (SSSR count). The number of aliphatic hydroxyl groups excluding tert-OH is 2. The SMILES string of the molecule is CCC1=C(C)C2=NC1=CC1=NC(=Cc3[nH]c(c(=CO)c3CCC(=O)O)=CC3=NC(=C2)C([C@@H](O)CC/C=C(\C)CC/C=C(\C)CC/C=C(\C)CCC=C(C)C)=C3C)C(CCC(=O)O)=C1C. The predicted molar refractivity (Wildman–Crippen MR) is 263 cm³/mol. The summed E-state index contributed by atoms with van der Waals surface area (Å²) in [6, 6.07) is 0. The summed E-state index contributed by atoms with van der Waals surface area (Å²) < 4.78 is 0. The van der Waals surface area contributed by atoms with Crippen molar-refractivity contribution in [1.82, 2.24) is 4.98 Å². The minimum atomic E-state index is -0.982. The molecule has 10 heteroatoms. The minimum Gasteiger partial charge on any atom is -0.515 e. The van der Waals surface area contributed by atoms with Crippen LogP contribution in [0, 0.1) is 0 Å². The van der Waals surface area contributed by atoms with Gasteiger partial charge in [0.25, 0.3) is 0 Å². The molecular formula is C54H68N4O6. The number of aromatic amines is 1. The van der Waals surface area contributed by atoms with Crippen molar-refractivity contribution < 1.29 is 30.0 Å². The number of carboxylic acids is 2. The molecule has 1 aromatic rings. The van der Waals surface area contributed by atoms with Crippen molar-refractivity contribution in [1.29, 1.82) is 0 Å². The van der Waals surface area contributed by atoms with Crippen molar-refractivity contribution in [3.8, 4) is 0 Å². The number of aliphatic hydroxyl groups is 2. The molecule has 4 aliphatic rings. The van der Waals surface area contributed by atoms with E-state index in [4.69, 9.17) is 15.0 Å². The van der Waals surface area contributed by atoms with Crippen LogP contribution in [0.15, 0.2) is 124 Å². The summed E-state index contributed by atoms with van der Waals surface area (Å²) in [4.78, 5) is 42.2. The fourth-order valence-corrected chi connectivity index (χ4v) is 8.68. The first kappa shape index (κ1) is 49.2. The van der Waals surface area contributed by atoms with Crippen molar-refractivity contribution in [2.24, 2.45) is 15.0 Å². The van der Waals surface area contributed by atoms with Crippen LogP contribution >= 0.6 is 0 Å². The molecule has 0 spiro atoms. The molecule has 0 unspecified atom stereocenters. The molecule has 0 amide bonds. The van der Waals surface area contributed by atoms with E-state index in [1.165, 1.54) is 22.3 Å². The lowest BCUT2D eigenvalue weighted by atomic mass is 9.95. The third-order valence-electron chi connectivity index (χ3n) is 12.5. The summed E-state index contributed by atoms with van der Waals surface area (Å²) in [5.74, 6) is -1.91. The Balaban J connectivity index is 1.47. The zero-order chi connectivity index (χ0) is 46.7. The molecule has 0 aromatic carbocycles. The second-order valence-corrected chi connectivity index (χ2v) is 17.7. The van der Waals surface area contributed by atoms with Crippen LogP contribution in [0.3, 0.4) is 0 Å². The van der Waals surface area contributed by atoms with Gasteiger partial charge in [-0.05, 0) is 184 Å². The molecule has 5 heterocycles. The molecule has 1 atom stereocenters. The average Bonchev–Trinajstić information content (AvgIpc) is 3.91. The van der Waals surface area contributed by atoms with E-state index in [-0.39, 0.29) is 25.7 Å². The van der Waals surface area contributed by atoms with Crippen LogP contribution in [-0.2, 0) is 16.0 Å². The fourth-order valence-electron chi connectivity index (χ4n) is 8.68. The highest BCUT2D eigenvalue weighted by molar-refractivity contribution is 6.24. The van der Waals surface area contributed by atoms with Crippen molar-refractivity contribution in [2.75, 3.05) is 0 Å². The molecule has 0 aliphatic carbocycles. The number of aromatic nitrogens is 1. The van der Waals surface area contributed by atoms with E-state index in [9.17, 15) is 30.0 Å². The van der Waals surface area contributed by atoms with Gasteiger partial charge >= 0.3 is 11.9 Å². The van der Waals surface area contributed by atoms with E-state index in [2.05, 4.69) is 70.8 Å². The third kappa shape index (κ3) is 12.6. The first-order chi connectivity index (χ1) is 30.5. The number of aliphatic imine (C=N–C) groups is 3. The van der Waals surface area contributed by atoms with Crippen LogP contribution in [0.5, 0.6) is 0 Å². The zero-order valence-electron chi connectivity index (χ0n) is 39.4. The lowest BCUT2D eigenvalue weighted by molar-refractivity contribution is -0.138. The monoisotopic (exact) mass is 869 g/mol. The van der Waals surface area contributed by atoms with Gasteiger partial charge in [-0.15, -0.1) is 0 Å². The second kappa shape index (κ2) is 22.7. The lowest BCUT2D eigenvalue weighted by Crippen LogP contribution is -2.27. The number of rotatable bonds is 20. The summed E-state index contributed by atoms with van der Waals surface area (Å²) in [7, 11) is 0. The number of carbonyl (C=O) groups is 2. The topological polar surface area (TPSA) is 168 Å². The number of nitrogens with one attached hydrogen (secondary N) is 1. The maximum Gasteiger partial charge on any atom is 0.303 e. The average molecular weight is 869 g/mol. The van der Waals surface area contributed by atoms with Gasteiger partial charge in [0.1, 0.15) is 0 Å². The molecule has 8 bridgehead atoms. The van der Waals surface area contributed by atoms with Crippen LogP contribution in [0.4, 0.5) is 0 Å². The van der Waals surface area contributed by atoms with Crippen molar-refractivity contribution >= 4 is 47.5 Å². The molecule has 0 saturated carbocycles. The number of nitrogens with zero attached hydrogens (tertiary/aromatic N) is 3. The molecule has 1 aromatic heterocycles. The van der Waals surface area contributed by atoms with E-state index in [1.807, 2.05) is 45.1 Å². The molecule has 340 valence electrons. The minimum absolute atomic E-state index is 0.0905. The molecule has 10 nitrogen and oxygen atoms in total. The van der Waals surface area contributed by atoms with Crippen LogP contribution < -0.4 is 10.6 Å². The van der Waals surface area contributed by atoms with Crippen molar-refractivity contribution in [3.63, 3.8) is 0 Å². The van der Waals surface area contributed by atoms with Crippen LogP contribution in [-0.4, -0.2) is 60.6 Å². The van der Waals surface area contributed by atoms with E-state index < -0.39 is 18.0 Å². The highest BCUT2D eigenvalue weighted by Crippen LogP contribution is 2.37. The second-order valence-electron chi connectivity index (χ2n) is 17.7. The number of carboxylic acid groups (broad SMARTS) is 2. The Hall–Kier alpha value is -5.87. The molecule has 0 radical (unpaired) electrons. The summed E-state index contributed by atoms with van der Waals surface area (Å²) in [5, 5.41) is 42.8. The molecular weight excluding hydrogens is 801 g/mol. The summed E-state index contributed by atoms with van der Waals surface area (Å²) in [6.45, 7) is 18.9. The van der Waals surface area contributed by atoms with E-state index in [0.717, 1.165) is 90.5 Å². The smallest absolute Gasteiger partial charge is 0.303 e. The molecule has 64 heavy (non-hydrogen) atoms. The van der Waals surface area contributed by atoms with Gasteiger partial charge in [0, 0.05) is 29.3 Å². The highest BCUT2D eigenvalue weighted by atomic mass is 16.4. The predicted octanol–water partition coefficient (Wildman–Crippen LogP) is 11.1. The Bertz CT molecular complexity index is 2580. The fraction of sp³-hybridized carbons (Fsp3) is 0.426. The van der Waals surface area contributed by atoms with Crippen LogP contribution in [0.1, 0.15) is 151 Å². The summed E-state index contributed by atoms with van der Waals surface area (Å²) >= 11 is 0. The van der Waals surface area contributed by atoms with E-state index >= 15 is 0 Å². The maximum absolute atomic E-state index is 12.0. The Labute approximate surface area is 379 Å². The van der Waals surface area contributed by atoms with E-state index in [1.54, 1.807) is 0 Å². The first-order valence-electron chi connectivity index (χ1n) is 22.8. The van der Waals surface area contributed by atoms with Gasteiger partial charge in [-0.2, -0.15) is 0 Å². The molecule has 0 saturated heterocycles. The lowest BCUT2D eigenvalue weighted by Gasteiger charge is -2.14. The van der Waals surface area contributed by atoms with Gasteiger partial charge in [-0.1, -0.05) is 53.5 Å². The maximum atomic E-state index is 12.0. The van der Waals surface area contributed by atoms with E-state index in [0.29, 0.717) is 63.1 Å². The summed E-state index contributed by atoms with van der Waals surface area (Å²) in [5.41, 5.74) is 15.8. The highest BCUT2D eigenvalue weighted by Gasteiger charge is 2.29. The summed E-state index contributed by atoms with van der Waals surface area (Å²) in [6.07, 6.45) is 25.2. The molecule has 5 N–H and O–H groups in total. The van der Waals surface area contributed by atoms with Gasteiger partial charge in [-0.3, -0.25) is 9.59 Å². The normalized spacial score (nSPS) is 17.6. The Morgan fingerprint density at radius 2 is 1.14 bits per heavy atom. The largest absolute Gasteiger partial charge is 0.515 e. The Kier molecular flexibility index (Phi) is 17.4. The molecule has 4 aliphatic heterocycles. The van der Waals surface area contributed by atoms with Crippen molar-refractivity contribution in [2.45, 2.75) is 152 Å². The van der Waals surface area contributed by atoms with Gasteiger partial charge in [0.05, 0.1) is 51.9 Å². The number of H-pyrrole nitrogens is 1. The van der Waals surface area contributed by atoms with Gasteiger partial charge in [0.2, 0.25) is 0 Å². The Morgan fingerprint density at radius 3 is 1.70 bits per heavy atom. The van der Waals surface area contributed by atoms with Gasteiger partial charge in [0.15, 0.2) is 0 Å². The standard InChI is InChI=1S/C54H68N4O6/c1-10-39-36(7)44-29-50-54(51(60)22-14-21-35(6)20-13-19-34(5)18-12-17-33(4)16-11-15-32(2)3)38(9)45(57-50)28-49-42(31-59)41(24-26-53(63)64)48(58-49)30-47-40(23-25-52(61)62)37(8)43(56-47)27-46(39)55-44/h15,17,19,21,27-31,51,58-60H,10-14,16,18,20,22-26H2,1-9H3,(H,61,62)(H,63,64)/b33-17+,34-19+,35-21+,42-31?,46-27?,47-30?,49-28?,50-29?/t51-/m0/s1. The van der Waals surface area contributed by atoms with Gasteiger partial charge in [-0.25, -0.2) is 15.0 Å². The number of aliphatic carboxylic acids is 2. The van der Waals surface area contributed by atoms with Crippen molar-refractivity contribution in [3.05, 3.63) is 131 Å². The number of hydrogen-bond acceptors (Lipinski definition) is 7. The van der Waals surface area contributed by atoms with Crippen LogP contribution in [0.2, 0.25) is 0 Å². The quantitative estimate of drug-likeness (QED) is 0.0818. The molecule has 0 fully saturated rings.